The number of aromatic nitrogens is 2. The molecule has 4 heteroatoms. The van der Waals surface area contributed by atoms with Crippen LogP contribution in [0.5, 0.6) is 0 Å². The van der Waals surface area contributed by atoms with Gasteiger partial charge in [0.25, 0.3) is 0 Å². The Kier molecular flexibility index (Phi) is 3.77. The summed E-state index contributed by atoms with van der Waals surface area (Å²) in [5.41, 5.74) is 8.24. The van der Waals surface area contributed by atoms with E-state index >= 15 is 0 Å². The normalized spacial score (nSPS) is 12.7. The molecule has 0 amide bonds. The molecule has 0 aliphatic rings. The lowest BCUT2D eigenvalue weighted by molar-refractivity contribution is 0.574. The molecule has 1 aromatic carbocycles. The standard InChI is InChI=1S/C14H18FN3/c1-3-11(16)9-12-13(15)5-4-6-14(12)18-8-7-10(2)17-18/h4-8,11H,3,9,16H2,1-2H3. The highest BCUT2D eigenvalue weighted by Gasteiger charge is 2.13. The summed E-state index contributed by atoms with van der Waals surface area (Å²) in [6, 6.07) is 6.90. The van der Waals surface area contributed by atoms with Gasteiger partial charge in [-0.25, -0.2) is 9.07 Å². The van der Waals surface area contributed by atoms with Gasteiger partial charge < -0.3 is 5.73 Å². The molecule has 2 N–H and O–H groups in total. The van der Waals surface area contributed by atoms with Crippen LogP contribution in [0.15, 0.2) is 30.5 Å². The van der Waals surface area contributed by atoms with Gasteiger partial charge in [0.15, 0.2) is 0 Å². The van der Waals surface area contributed by atoms with Gasteiger partial charge in [-0.15, -0.1) is 0 Å². The van der Waals surface area contributed by atoms with Crippen LogP contribution in [-0.2, 0) is 6.42 Å². The molecule has 0 aliphatic heterocycles. The summed E-state index contributed by atoms with van der Waals surface area (Å²) in [6.07, 6.45) is 3.19. The van der Waals surface area contributed by atoms with Gasteiger partial charge >= 0.3 is 0 Å². The summed E-state index contributed by atoms with van der Waals surface area (Å²) in [5, 5.41) is 4.32. The Morgan fingerprint density at radius 1 is 1.39 bits per heavy atom. The second kappa shape index (κ2) is 5.31. The minimum atomic E-state index is -0.218. The largest absolute Gasteiger partial charge is 0.327 e. The average molecular weight is 247 g/mol. The number of aryl methyl sites for hydroxylation is 1. The Balaban J connectivity index is 2.43. The molecule has 0 fully saturated rings. The van der Waals surface area contributed by atoms with E-state index in [4.69, 9.17) is 5.73 Å². The Bertz CT molecular complexity index is 534. The lowest BCUT2D eigenvalue weighted by Crippen LogP contribution is -2.23. The highest BCUT2D eigenvalue weighted by molar-refractivity contribution is 5.42. The van der Waals surface area contributed by atoms with E-state index in [0.29, 0.717) is 12.0 Å². The summed E-state index contributed by atoms with van der Waals surface area (Å²) < 4.78 is 15.6. The summed E-state index contributed by atoms with van der Waals surface area (Å²) in [4.78, 5) is 0. The second-order valence-corrected chi connectivity index (χ2v) is 4.51. The van der Waals surface area contributed by atoms with E-state index in [1.54, 1.807) is 10.7 Å². The van der Waals surface area contributed by atoms with Crippen LogP contribution in [0, 0.1) is 12.7 Å². The lowest BCUT2D eigenvalue weighted by Gasteiger charge is -2.14. The van der Waals surface area contributed by atoms with Crippen molar-refractivity contribution < 1.29 is 4.39 Å². The van der Waals surface area contributed by atoms with Crippen molar-refractivity contribution in [3.05, 3.63) is 47.5 Å². The van der Waals surface area contributed by atoms with Crippen LogP contribution in [0.3, 0.4) is 0 Å². The second-order valence-electron chi connectivity index (χ2n) is 4.51. The molecular weight excluding hydrogens is 229 g/mol. The van der Waals surface area contributed by atoms with Crippen molar-refractivity contribution in [2.45, 2.75) is 32.7 Å². The van der Waals surface area contributed by atoms with Crippen LogP contribution in [0.25, 0.3) is 5.69 Å². The van der Waals surface area contributed by atoms with Gasteiger partial charge in [-0.3, -0.25) is 0 Å². The third-order valence-corrected chi connectivity index (χ3v) is 3.05. The van der Waals surface area contributed by atoms with Gasteiger partial charge in [0, 0.05) is 17.8 Å². The van der Waals surface area contributed by atoms with Crippen molar-refractivity contribution in [2.75, 3.05) is 0 Å². The molecule has 1 heterocycles. The number of nitrogens with zero attached hydrogens (tertiary/aromatic N) is 2. The maximum atomic E-state index is 13.9. The van der Waals surface area contributed by atoms with E-state index in [1.807, 2.05) is 32.2 Å². The Morgan fingerprint density at radius 2 is 2.17 bits per heavy atom. The Morgan fingerprint density at radius 3 is 2.78 bits per heavy atom. The first-order valence-corrected chi connectivity index (χ1v) is 6.17. The van der Waals surface area contributed by atoms with Gasteiger partial charge in [-0.05, 0) is 38.0 Å². The molecule has 18 heavy (non-hydrogen) atoms. The maximum absolute atomic E-state index is 13.9. The Labute approximate surface area is 106 Å². The number of rotatable bonds is 4. The van der Waals surface area contributed by atoms with Gasteiger partial charge in [0.1, 0.15) is 5.82 Å². The predicted molar refractivity (Wildman–Crippen MR) is 70.2 cm³/mol. The molecule has 0 saturated heterocycles. The first kappa shape index (κ1) is 12.8. The van der Waals surface area contributed by atoms with Gasteiger partial charge in [-0.2, -0.15) is 5.10 Å². The molecule has 0 saturated carbocycles. The van der Waals surface area contributed by atoms with Crippen LogP contribution in [0.1, 0.15) is 24.6 Å². The van der Waals surface area contributed by atoms with Crippen molar-refractivity contribution in [1.29, 1.82) is 0 Å². The number of benzene rings is 1. The van der Waals surface area contributed by atoms with Gasteiger partial charge in [0.2, 0.25) is 0 Å². The van der Waals surface area contributed by atoms with Crippen molar-refractivity contribution in [3.63, 3.8) is 0 Å². The minimum Gasteiger partial charge on any atom is -0.327 e. The zero-order chi connectivity index (χ0) is 13.1. The molecule has 0 spiro atoms. The number of hydrogen-bond acceptors (Lipinski definition) is 2. The summed E-state index contributed by atoms with van der Waals surface area (Å²) in [6.45, 7) is 3.91. The van der Waals surface area contributed by atoms with Crippen LogP contribution >= 0.6 is 0 Å². The lowest BCUT2D eigenvalue weighted by atomic mass is 10.0. The molecule has 0 aliphatic carbocycles. The monoisotopic (exact) mass is 247 g/mol. The average Bonchev–Trinajstić information content (AvgIpc) is 2.78. The van der Waals surface area contributed by atoms with E-state index < -0.39 is 0 Å². The molecule has 2 rings (SSSR count). The first-order chi connectivity index (χ1) is 8.61. The quantitative estimate of drug-likeness (QED) is 0.902. The highest BCUT2D eigenvalue weighted by Crippen LogP contribution is 2.19. The number of nitrogens with two attached hydrogens (primary N) is 1. The zero-order valence-electron chi connectivity index (χ0n) is 10.7. The fraction of sp³-hybridized carbons (Fsp3) is 0.357. The van der Waals surface area contributed by atoms with Crippen molar-refractivity contribution >= 4 is 0 Å². The van der Waals surface area contributed by atoms with Crippen molar-refractivity contribution in [2.24, 2.45) is 5.73 Å². The molecule has 3 nitrogen and oxygen atoms in total. The van der Waals surface area contributed by atoms with Gasteiger partial charge in [0.05, 0.1) is 11.4 Å². The van der Waals surface area contributed by atoms with Crippen LogP contribution < -0.4 is 5.73 Å². The van der Waals surface area contributed by atoms with E-state index in [0.717, 1.165) is 17.8 Å². The minimum absolute atomic E-state index is 0.0303. The summed E-state index contributed by atoms with van der Waals surface area (Å²) in [5.74, 6) is -0.218. The molecule has 96 valence electrons. The summed E-state index contributed by atoms with van der Waals surface area (Å²) in [7, 11) is 0. The topological polar surface area (TPSA) is 43.8 Å². The third-order valence-electron chi connectivity index (χ3n) is 3.05. The predicted octanol–water partition coefficient (Wildman–Crippen LogP) is 2.60. The fourth-order valence-corrected chi connectivity index (χ4v) is 1.92. The number of halogens is 1. The molecule has 1 aromatic heterocycles. The molecule has 1 atom stereocenters. The maximum Gasteiger partial charge on any atom is 0.128 e. The highest BCUT2D eigenvalue weighted by atomic mass is 19.1. The van der Waals surface area contributed by atoms with Crippen LogP contribution in [0.2, 0.25) is 0 Å². The van der Waals surface area contributed by atoms with Crippen molar-refractivity contribution in [1.82, 2.24) is 9.78 Å². The summed E-state index contributed by atoms with van der Waals surface area (Å²) >= 11 is 0. The smallest absolute Gasteiger partial charge is 0.128 e. The molecular formula is C14H18FN3. The SMILES string of the molecule is CCC(N)Cc1c(F)cccc1-n1ccc(C)n1. The first-order valence-electron chi connectivity index (χ1n) is 6.17. The van der Waals surface area contributed by atoms with Gasteiger partial charge in [-0.1, -0.05) is 13.0 Å². The third kappa shape index (κ3) is 2.59. The van der Waals surface area contributed by atoms with E-state index in [-0.39, 0.29) is 11.9 Å². The molecule has 0 bridgehead atoms. The molecule has 0 radical (unpaired) electrons. The fourth-order valence-electron chi connectivity index (χ4n) is 1.92. The van der Waals surface area contributed by atoms with Crippen LogP contribution in [0.4, 0.5) is 4.39 Å². The van der Waals surface area contributed by atoms with Crippen molar-refractivity contribution in [3.8, 4) is 5.69 Å². The van der Waals surface area contributed by atoms with Crippen LogP contribution in [-0.4, -0.2) is 15.8 Å². The number of hydrogen-bond donors (Lipinski definition) is 1. The zero-order valence-corrected chi connectivity index (χ0v) is 10.7. The molecule has 1 unspecified atom stereocenters. The van der Waals surface area contributed by atoms with E-state index in [9.17, 15) is 4.39 Å². The Hall–Kier alpha value is -1.68. The molecule has 2 aromatic rings. The van der Waals surface area contributed by atoms with E-state index in [2.05, 4.69) is 5.10 Å². The van der Waals surface area contributed by atoms with E-state index in [1.165, 1.54) is 6.07 Å².